The van der Waals surface area contributed by atoms with Crippen molar-refractivity contribution in [3.05, 3.63) is 0 Å². The molecule has 1 amide bonds. The van der Waals surface area contributed by atoms with Gasteiger partial charge in [0.1, 0.15) is 0 Å². The second kappa shape index (κ2) is 5.64. The molecule has 4 nitrogen and oxygen atoms in total. The molecule has 0 saturated heterocycles. The molecule has 1 aliphatic rings. The molecule has 3 N–H and O–H groups in total. The van der Waals surface area contributed by atoms with E-state index in [1.807, 2.05) is 0 Å². The van der Waals surface area contributed by atoms with Crippen LogP contribution in [-0.2, 0) is 4.79 Å². The molecule has 4 heteroatoms. The van der Waals surface area contributed by atoms with Crippen molar-refractivity contribution >= 4 is 5.91 Å². The van der Waals surface area contributed by atoms with Gasteiger partial charge in [-0.2, -0.15) is 0 Å². The van der Waals surface area contributed by atoms with Gasteiger partial charge >= 0.3 is 0 Å². The average Bonchev–Trinajstić information content (AvgIpc) is 2.84. The van der Waals surface area contributed by atoms with Crippen LogP contribution < -0.4 is 10.6 Å². The van der Waals surface area contributed by atoms with Crippen LogP contribution in [0, 0.1) is 5.92 Å². The van der Waals surface area contributed by atoms with Gasteiger partial charge in [0.25, 0.3) is 0 Å². The minimum Gasteiger partial charge on any atom is -0.389 e. The number of carbonyl (C=O) groups excluding carboxylic acids is 1. The van der Waals surface area contributed by atoms with Crippen LogP contribution in [0.4, 0.5) is 0 Å². The predicted octanol–water partition coefficient (Wildman–Crippen LogP) is 0.652. The van der Waals surface area contributed by atoms with Crippen molar-refractivity contribution in [3.63, 3.8) is 0 Å². The third-order valence-electron chi connectivity index (χ3n) is 2.58. The highest BCUT2D eigenvalue weighted by molar-refractivity contribution is 5.78. The molecule has 0 aromatic carbocycles. The summed E-state index contributed by atoms with van der Waals surface area (Å²) in [7, 11) is 0. The maximum absolute atomic E-state index is 11.3. The lowest BCUT2D eigenvalue weighted by molar-refractivity contribution is -0.120. The molecule has 1 rings (SSSR count). The van der Waals surface area contributed by atoms with Crippen LogP contribution >= 0.6 is 0 Å². The maximum atomic E-state index is 11.3. The zero-order valence-electron chi connectivity index (χ0n) is 10.5. The van der Waals surface area contributed by atoms with E-state index in [1.54, 1.807) is 6.92 Å². The van der Waals surface area contributed by atoms with E-state index >= 15 is 0 Å². The molecule has 0 spiro atoms. The van der Waals surface area contributed by atoms with Gasteiger partial charge in [-0.25, -0.2) is 0 Å². The van der Waals surface area contributed by atoms with Gasteiger partial charge in [-0.15, -0.1) is 0 Å². The Labute approximate surface area is 97.8 Å². The van der Waals surface area contributed by atoms with Crippen LogP contribution in [0.15, 0.2) is 0 Å². The lowest BCUT2D eigenvalue weighted by Crippen LogP contribution is -2.43. The van der Waals surface area contributed by atoms with Gasteiger partial charge in [0.2, 0.25) is 5.91 Å². The molecule has 1 unspecified atom stereocenters. The normalized spacial score (nSPS) is 19.6. The molecule has 0 aromatic heterocycles. The Morgan fingerprint density at radius 3 is 2.62 bits per heavy atom. The van der Waals surface area contributed by atoms with Crippen LogP contribution in [0.3, 0.4) is 0 Å². The molecular weight excluding hydrogens is 204 g/mol. The van der Waals surface area contributed by atoms with Gasteiger partial charge in [0, 0.05) is 12.6 Å². The number of hydrogen-bond acceptors (Lipinski definition) is 3. The first-order chi connectivity index (χ1) is 7.39. The number of rotatable bonds is 7. The molecule has 1 atom stereocenters. The molecule has 0 radical (unpaired) electrons. The largest absolute Gasteiger partial charge is 0.389 e. The fourth-order valence-corrected chi connectivity index (χ4v) is 1.90. The van der Waals surface area contributed by atoms with Gasteiger partial charge in [0.15, 0.2) is 0 Å². The van der Waals surface area contributed by atoms with Crippen molar-refractivity contribution in [3.8, 4) is 0 Å². The summed E-state index contributed by atoms with van der Waals surface area (Å²) in [6.07, 6.45) is 2.96. The zero-order chi connectivity index (χ0) is 12.2. The van der Waals surface area contributed by atoms with E-state index in [2.05, 4.69) is 24.5 Å². The second-order valence-electron chi connectivity index (χ2n) is 5.54. The van der Waals surface area contributed by atoms with Crippen LogP contribution in [0.2, 0.25) is 0 Å². The van der Waals surface area contributed by atoms with E-state index in [1.165, 1.54) is 0 Å². The van der Waals surface area contributed by atoms with Crippen molar-refractivity contribution in [2.45, 2.75) is 51.7 Å². The van der Waals surface area contributed by atoms with Gasteiger partial charge in [-0.05, 0) is 32.1 Å². The molecule has 1 fully saturated rings. The first-order valence-corrected chi connectivity index (χ1v) is 6.11. The Morgan fingerprint density at radius 1 is 1.50 bits per heavy atom. The monoisotopic (exact) mass is 228 g/mol. The molecule has 16 heavy (non-hydrogen) atoms. The lowest BCUT2D eigenvalue weighted by Gasteiger charge is -2.25. The van der Waals surface area contributed by atoms with Crippen molar-refractivity contribution in [1.29, 1.82) is 0 Å². The van der Waals surface area contributed by atoms with E-state index < -0.39 is 5.60 Å². The summed E-state index contributed by atoms with van der Waals surface area (Å²) in [5.74, 6) is 0.486. The van der Waals surface area contributed by atoms with Gasteiger partial charge in [-0.1, -0.05) is 13.8 Å². The van der Waals surface area contributed by atoms with Crippen LogP contribution in [-0.4, -0.2) is 35.7 Å². The van der Waals surface area contributed by atoms with Crippen LogP contribution in [0.1, 0.15) is 40.0 Å². The molecule has 0 aromatic rings. The molecular formula is C12H24N2O2. The third-order valence-corrected chi connectivity index (χ3v) is 2.58. The lowest BCUT2D eigenvalue weighted by atomic mass is 9.94. The summed E-state index contributed by atoms with van der Waals surface area (Å²) in [4.78, 5) is 11.3. The number of hydrogen-bond donors (Lipinski definition) is 3. The van der Waals surface area contributed by atoms with E-state index in [9.17, 15) is 9.90 Å². The molecule has 1 aliphatic carbocycles. The maximum Gasteiger partial charge on any atom is 0.234 e. The highest BCUT2D eigenvalue weighted by atomic mass is 16.3. The summed E-state index contributed by atoms with van der Waals surface area (Å²) < 4.78 is 0. The Morgan fingerprint density at radius 2 is 2.12 bits per heavy atom. The predicted molar refractivity (Wildman–Crippen MR) is 64.1 cm³/mol. The van der Waals surface area contributed by atoms with Crippen LogP contribution in [0.25, 0.3) is 0 Å². The number of nitrogens with one attached hydrogen (secondary N) is 2. The smallest absolute Gasteiger partial charge is 0.234 e. The average molecular weight is 228 g/mol. The molecule has 0 aliphatic heterocycles. The zero-order valence-corrected chi connectivity index (χ0v) is 10.5. The van der Waals surface area contributed by atoms with Crippen molar-refractivity contribution in [2.75, 3.05) is 13.1 Å². The first-order valence-electron chi connectivity index (χ1n) is 6.11. The van der Waals surface area contributed by atoms with Crippen molar-refractivity contribution in [1.82, 2.24) is 10.6 Å². The molecule has 1 saturated carbocycles. The fraction of sp³-hybridized carbons (Fsp3) is 0.917. The van der Waals surface area contributed by atoms with E-state index in [-0.39, 0.29) is 5.91 Å². The van der Waals surface area contributed by atoms with Gasteiger partial charge in [-0.3, -0.25) is 4.79 Å². The Bertz CT molecular complexity index is 235. The summed E-state index contributed by atoms with van der Waals surface area (Å²) in [6.45, 7) is 6.72. The van der Waals surface area contributed by atoms with Gasteiger partial charge in [0.05, 0.1) is 12.1 Å². The SMILES string of the molecule is CC(C)CC(C)(O)CNCC(=O)NC1CC1. The Kier molecular flexibility index (Phi) is 4.74. The molecule has 0 bridgehead atoms. The van der Waals surface area contributed by atoms with E-state index in [0.717, 1.165) is 19.3 Å². The number of carbonyl (C=O) groups is 1. The summed E-state index contributed by atoms with van der Waals surface area (Å²) >= 11 is 0. The van der Waals surface area contributed by atoms with E-state index in [0.29, 0.717) is 25.0 Å². The topological polar surface area (TPSA) is 61.4 Å². The Balaban J connectivity index is 2.10. The fourth-order valence-electron chi connectivity index (χ4n) is 1.90. The molecule has 94 valence electrons. The standard InChI is InChI=1S/C12H24N2O2/c1-9(2)6-12(3,16)8-13-7-11(15)14-10-4-5-10/h9-10,13,16H,4-8H2,1-3H3,(H,14,15). The third kappa shape index (κ3) is 6.08. The van der Waals surface area contributed by atoms with Crippen molar-refractivity contribution in [2.24, 2.45) is 5.92 Å². The van der Waals surface area contributed by atoms with E-state index in [4.69, 9.17) is 0 Å². The quantitative estimate of drug-likeness (QED) is 0.599. The number of amides is 1. The molecule has 0 heterocycles. The minimum absolute atomic E-state index is 0.0304. The minimum atomic E-state index is -0.728. The van der Waals surface area contributed by atoms with Crippen molar-refractivity contribution < 1.29 is 9.90 Å². The highest BCUT2D eigenvalue weighted by Gasteiger charge is 2.24. The highest BCUT2D eigenvalue weighted by Crippen LogP contribution is 2.18. The van der Waals surface area contributed by atoms with Gasteiger partial charge < -0.3 is 15.7 Å². The summed E-state index contributed by atoms with van der Waals surface area (Å²) in [6, 6.07) is 0.408. The summed E-state index contributed by atoms with van der Waals surface area (Å²) in [5, 5.41) is 15.9. The number of aliphatic hydroxyl groups is 1. The Hall–Kier alpha value is -0.610. The first kappa shape index (κ1) is 13.5. The van der Waals surface area contributed by atoms with Crippen LogP contribution in [0.5, 0.6) is 0 Å². The summed E-state index contributed by atoms with van der Waals surface area (Å²) in [5.41, 5.74) is -0.728. The second-order valence-corrected chi connectivity index (χ2v) is 5.54.